The summed E-state index contributed by atoms with van der Waals surface area (Å²) in [7, 11) is 0. The SMILES string of the molecule is N#C[C@H]1O[C@H](COCc2ccccc2)[C@@H](OCc2ccccc2)[C@@H]1OCc1ccccc1. The molecule has 32 heavy (non-hydrogen) atoms. The molecule has 164 valence electrons. The monoisotopic (exact) mass is 429 g/mol. The molecule has 0 spiro atoms. The Morgan fingerprint density at radius 2 is 1.12 bits per heavy atom. The second-order valence-corrected chi connectivity index (χ2v) is 7.75. The molecule has 5 heteroatoms. The lowest BCUT2D eigenvalue weighted by atomic mass is 10.1. The van der Waals surface area contributed by atoms with E-state index < -0.39 is 24.4 Å². The summed E-state index contributed by atoms with van der Waals surface area (Å²) in [5, 5.41) is 9.71. The highest BCUT2D eigenvalue weighted by Gasteiger charge is 2.46. The van der Waals surface area contributed by atoms with Crippen LogP contribution in [-0.4, -0.2) is 31.0 Å². The average molecular weight is 430 g/mol. The van der Waals surface area contributed by atoms with E-state index in [1.165, 1.54) is 0 Å². The van der Waals surface area contributed by atoms with E-state index in [0.717, 1.165) is 16.7 Å². The molecule has 0 radical (unpaired) electrons. The summed E-state index contributed by atoms with van der Waals surface area (Å²) in [5.41, 5.74) is 3.18. The Bertz CT molecular complexity index is 975. The van der Waals surface area contributed by atoms with Gasteiger partial charge in [-0.05, 0) is 16.7 Å². The predicted molar refractivity (Wildman–Crippen MR) is 120 cm³/mol. The van der Waals surface area contributed by atoms with Crippen molar-refractivity contribution in [2.45, 2.75) is 44.2 Å². The van der Waals surface area contributed by atoms with E-state index in [-0.39, 0.29) is 0 Å². The van der Waals surface area contributed by atoms with Crippen molar-refractivity contribution in [2.75, 3.05) is 6.61 Å². The standard InChI is InChI=1S/C27H27NO4/c28-16-24-26(30-18-22-12-6-2-7-13-22)27(31-19-23-14-8-3-9-15-23)25(32-24)20-29-17-21-10-4-1-5-11-21/h1-15,24-27H,17-20H2/t24-,25-,26-,27-/m1/s1. The van der Waals surface area contributed by atoms with Crippen LogP contribution in [0.4, 0.5) is 0 Å². The van der Waals surface area contributed by atoms with E-state index in [1.807, 2.05) is 91.0 Å². The van der Waals surface area contributed by atoms with Crippen molar-refractivity contribution in [2.24, 2.45) is 0 Å². The molecule has 4 rings (SSSR count). The van der Waals surface area contributed by atoms with Crippen molar-refractivity contribution in [3.63, 3.8) is 0 Å². The Hall–Kier alpha value is -3.01. The number of rotatable bonds is 10. The first-order valence-corrected chi connectivity index (χ1v) is 10.8. The maximum Gasteiger partial charge on any atom is 0.173 e. The van der Waals surface area contributed by atoms with E-state index in [1.54, 1.807) is 0 Å². The van der Waals surface area contributed by atoms with Gasteiger partial charge in [0, 0.05) is 0 Å². The summed E-state index contributed by atoms with van der Waals surface area (Å²) < 4.78 is 24.4. The molecule has 3 aromatic rings. The molecule has 4 atom stereocenters. The van der Waals surface area contributed by atoms with Crippen LogP contribution in [0.25, 0.3) is 0 Å². The van der Waals surface area contributed by atoms with Crippen molar-refractivity contribution in [3.8, 4) is 6.07 Å². The molecular weight excluding hydrogens is 402 g/mol. The van der Waals surface area contributed by atoms with Gasteiger partial charge in [0.25, 0.3) is 0 Å². The predicted octanol–water partition coefficient (Wildman–Crippen LogP) is 4.66. The number of hydrogen-bond donors (Lipinski definition) is 0. The van der Waals surface area contributed by atoms with Gasteiger partial charge in [-0.2, -0.15) is 5.26 Å². The molecule has 3 aromatic carbocycles. The quantitative estimate of drug-likeness (QED) is 0.469. The number of ether oxygens (including phenoxy) is 4. The Labute approximate surface area is 189 Å². The topological polar surface area (TPSA) is 60.7 Å². The fourth-order valence-electron chi connectivity index (χ4n) is 3.75. The van der Waals surface area contributed by atoms with Crippen molar-refractivity contribution < 1.29 is 18.9 Å². The molecular formula is C27H27NO4. The van der Waals surface area contributed by atoms with Crippen LogP contribution in [0.2, 0.25) is 0 Å². The summed E-state index contributed by atoms with van der Waals surface area (Å²) in [4.78, 5) is 0. The third-order valence-electron chi connectivity index (χ3n) is 5.40. The highest BCUT2D eigenvalue weighted by atomic mass is 16.6. The Morgan fingerprint density at radius 3 is 1.62 bits per heavy atom. The van der Waals surface area contributed by atoms with Gasteiger partial charge in [0.15, 0.2) is 6.10 Å². The van der Waals surface area contributed by atoms with Gasteiger partial charge in [0.2, 0.25) is 0 Å². The van der Waals surface area contributed by atoms with Crippen LogP contribution in [-0.2, 0) is 38.8 Å². The first-order valence-electron chi connectivity index (χ1n) is 10.8. The van der Waals surface area contributed by atoms with E-state index in [2.05, 4.69) is 6.07 Å². The van der Waals surface area contributed by atoms with Gasteiger partial charge < -0.3 is 18.9 Å². The molecule has 1 saturated heterocycles. The zero-order valence-electron chi connectivity index (χ0n) is 17.9. The van der Waals surface area contributed by atoms with Crippen molar-refractivity contribution >= 4 is 0 Å². The summed E-state index contributed by atoms with van der Waals surface area (Å²) in [6.07, 6.45) is -2.04. The molecule has 1 heterocycles. The van der Waals surface area contributed by atoms with Crippen LogP contribution >= 0.6 is 0 Å². The van der Waals surface area contributed by atoms with Crippen LogP contribution in [0.3, 0.4) is 0 Å². The molecule has 0 aromatic heterocycles. The van der Waals surface area contributed by atoms with Gasteiger partial charge in [0.1, 0.15) is 18.3 Å². The molecule has 5 nitrogen and oxygen atoms in total. The largest absolute Gasteiger partial charge is 0.374 e. The van der Waals surface area contributed by atoms with Gasteiger partial charge in [-0.25, -0.2) is 0 Å². The Morgan fingerprint density at radius 1 is 0.656 bits per heavy atom. The highest BCUT2D eigenvalue weighted by molar-refractivity contribution is 5.16. The van der Waals surface area contributed by atoms with Crippen molar-refractivity contribution in [1.29, 1.82) is 5.26 Å². The van der Waals surface area contributed by atoms with Crippen LogP contribution < -0.4 is 0 Å². The number of nitriles is 1. The fraction of sp³-hybridized carbons (Fsp3) is 0.296. The minimum Gasteiger partial charge on any atom is -0.374 e. The maximum atomic E-state index is 9.71. The summed E-state index contributed by atoms with van der Waals surface area (Å²) in [6.45, 7) is 1.58. The van der Waals surface area contributed by atoms with E-state index in [0.29, 0.717) is 26.4 Å². The molecule has 0 saturated carbocycles. The smallest absolute Gasteiger partial charge is 0.173 e. The molecule has 1 fully saturated rings. The normalized spacial score (nSPS) is 22.5. The summed E-state index contributed by atoms with van der Waals surface area (Å²) >= 11 is 0. The minimum atomic E-state index is -0.718. The first kappa shape index (κ1) is 22.2. The van der Waals surface area contributed by atoms with E-state index >= 15 is 0 Å². The average Bonchev–Trinajstić information content (AvgIpc) is 3.19. The summed E-state index contributed by atoms with van der Waals surface area (Å²) in [6, 6.07) is 32.1. The molecule has 1 aliphatic rings. The highest BCUT2D eigenvalue weighted by Crippen LogP contribution is 2.29. The maximum absolute atomic E-state index is 9.71. The third-order valence-corrected chi connectivity index (χ3v) is 5.40. The molecule has 0 unspecified atom stereocenters. The Balaban J connectivity index is 1.43. The van der Waals surface area contributed by atoms with E-state index in [9.17, 15) is 5.26 Å². The van der Waals surface area contributed by atoms with Gasteiger partial charge >= 0.3 is 0 Å². The fourth-order valence-corrected chi connectivity index (χ4v) is 3.75. The number of benzene rings is 3. The molecule has 1 aliphatic heterocycles. The molecule has 0 amide bonds. The second kappa shape index (κ2) is 11.6. The van der Waals surface area contributed by atoms with Crippen LogP contribution in [0.5, 0.6) is 0 Å². The van der Waals surface area contributed by atoms with Gasteiger partial charge in [-0.15, -0.1) is 0 Å². The lowest BCUT2D eigenvalue weighted by molar-refractivity contribution is -0.0896. The third kappa shape index (κ3) is 6.03. The Kier molecular flexibility index (Phi) is 8.02. The van der Waals surface area contributed by atoms with Crippen molar-refractivity contribution in [1.82, 2.24) is 0 Å². The zero-order chi connectivity index (χ0) is 22.0. The molecule has 0 bridgehead atoms. The first-order chi connectivity index (χ1) is 15.8. The zero-order valence-corrected chi connectivity index (χ0v) is 17.9. The van der Waals surface area contributed by atoms with Gasteiger partial charge in [-0.3, -0.25) is 0 Å². The van der Waals surface area contributed by atoms with Crippen LogP contribution in [0.1, 0.15) is 16.7 Å². The molecule has 0 N–H and O–H groups in total. The van der Waals surface area contributed by atoms with Crippen molar-refractivity contribution in [3.05, 3.63) is 108 Å². The van der Waals surface area contributed by atoms with Crippen LogP contribution in [0, 0.1) is 11.3 Å². The number of hydrogen-bond acceptors (Lipinski definition) is 5. The lowest BCUT2D eigenvalue weighted by Gasteiger charge is -2.24. The summed E-state index contributed by atoms with van der Waals surface area (Å²) in [5.74, 6) is 0. The second-order valence-electron chi connectivity index (χ2n) is 7.75. The lowest BCUT2D eigenvalue weighted by Crippen LogP contribution is -2.38. The van der Waals surface area contributed by atoms with Gasteiger partial charge in [-0.1, -0.05) is 91.0 Å². The number of nitrogens with zero attached hydrogens (tertiary/aromatic N) is 1. The van der Waals surface area contributed by atoms with Gasteiger partial charge in [0.05, 0.1) is 32.5 Å². The van der Waals surface area contributed by atoms with E-state index in [4.69, 9.17) is 18.9 Å². The molecule has 0 aliphatic carbocycles. The van der Waals surface area contributed by atoms with Crippen LogP contribution in [0.15, 0.2) is 91.0 Å². The minimum absolute atomic E-state index is 0.317.